The molecule has 2 aliphatic carbocycles. The van der Waals surface area contributed by atoms with Crippen LogP contribution in [-0.2, 0) is 22.4 Å². The minimum atomic E-state index is -0.459. The highest BCUT2D eigenvalue weighted by Gasteiger charge is 2.32. The molecule has 0 heterocycles. The molecule has 2 aliphatic rings. The zero-order valence-electron chi connectivity index (χ0n) is 27.3. The molecule has 0 amide bonds. The Hall–Kier alpha value is -2.53. The van der Waals surface area contributed by atoms with Gasteiger partial charge in [-0.25, -0.2) is 13.6 Å². The lowest BCUT2D eigenvalue weighted by molar-refractivity contribution is -0.140. The summed E-state index contributed by atoms with van der Waals surface area (Å²) in [6, 6.07) is 9.15. The smallest absolute Gasteiger partial charge is 0.333 e. The Morgan fingerprint density at radius 3 is 2.16 bits per heavy atom. The Labute approximate surface area is 264 Å². The Kier molecular flexibility index (Phi) is 13.0. The third kappa shape index (κ3) is 9.02. The summed E-state index contributed by atoms with van der Waals surface area (Å²) in [6.45, 7) is 9.85. The molecule has 242 valence electrons. The van der Waals surface area contributed by atoms with Crippen molar-refractivity contribution in [2.24, 2.45) is 23.7 Å². The summed E-state index contributed by atoms with van der Waals surface area (Å²) in [5.41, 5.74) is 4.45. The van der Waals surface area contributed by atoms with Gasteiger partial charge < -0.3 is 9.84 Å². The van der Waals surface area contributed by atoms with Crippen LogP contribution in [0.2, 0.25) is 0 Å². The van der Waals surface area contributed by atoms with Gasteiger partial charge in [0.1, 0.15) is 11.6 Å². The van der Waals surface area contributed by atoms with Crippen molar-refractivity contribution in [2.75, 3.05) is 13.2 Å². The topological polar surface area (TPSA) is 46.5 Å². The highest BCUT2D eigenvalue weighted by molar-refractivity contribution is 5.86. The van der Waals surface area contributed by atoms with Crippen LogP contribution in [0.15, 0.2) is 42.5 Å². The maximum atomic E-state index is 15.1. The maximum absolute atomic E-state index is 15.1. The molecule has 4 rings (SSSR count). The van der Waals surface area contributed by atoms with Crippen LogP contribution >= 0.6 is 0 Å². The summed E-state index contributed by atoms with van der Waals surface area (Å²) in [6.07, 6.45) is 15.3. The SMILES string of the molecule is C=C(C)C(=O)OCC(CO)CC1CCC(C2CCC(c3ccc(-c4c(F)cc(CCCCC)cc4F)cc3CC)CC2)CC1. The molecule has 1 N–H and O–H groups in total. The summed E-state index contributed by atoms with van der Waals surface area (Å²) >= 11 is 0. The van der Waals surface area contributed by atoms with E-state index < -0.39 is 11.6 Å². The third-order valence-corrected chi connectivity index (χ3v) is 10.5. The quantitative estimate of drug-likeness (QED) is 0.132. The average molecular weight is 609 g/mol. The zero-order chi connectivity index (χ0) is 31.6. The molecule has 44 heavy (non-hydrogen) atoms. The fraction of sp³-hybridized carbons (Fsp3) is 0.615. The molecule has 0 bridgehead atoms. The molecule has 0 radical (unpaired) electrons. The van der Waals surface area contributed by atoms with E-state index in [4.69, 9.17) is 4.74 Å². The average Bonchev–Trinajstić information content (AvgIpc) is 3.03. The van der Waals surface area contributed by atoms with E-state index in [1.807, 2.05) is 12.1 Å². The number of aryl methyl sites for hydroxylation is 2. The Balaban J connectivity index is 1.30. The molecule has 3 nitrogen and oxygen atoms in total. The van der Waals surface area contributed by atoms with Crippen molar-refractivity contribution in [1.29, 1.82) is 0 Å². The highest BCUT2D eigenvalue weighted by atomic mass is 19.1. The van der Waals surface area contributed by atoms with Crippen molar-refractivity contribution >= 4 is 5.97 Å². The first kappa shape index (κ1) is 34.3. The molecule has 2 aromatic rings. The second-order valence-corrected chi connectivity index (χ2v) is 13.7. The van der Waals surface area contributed by atoms with Gasteiger partial charge in [0, 0.05) is 18.1 Å². The molecule has 2 aromatic carbocycles. The lowest BCUT2D eigenvalue weighted by Crippen LogP contribution is -2.27. The largest absolute Gasteiger partial charge is 0.462 e. The third-order valence-electron chi connectivity index (χ3n) is 10.5. The summed E-state index contributed by atoms with van der Waals surface area (Å²) in [5, 5.41) is 9.81. The van der Waals surface area contributed by atoms with Crippen molar-refractivity contribution < 1.29 is 23.4 Å². The van der Waals surface area contributed by atoms with E-state index in [2.05, 4.69) is 26.5 Å². The first-order valence-corrected chi connectivity index (χ1v) is 17.3. The number of ether oxygens (including phenoxy) is 1. The number of hydrogen-bond acceptors (Lipinski definition) is 3. The highest BCUT2D eigenvalue weighted by Crippen LogP contribution is 2.45. The van der Waals surface area contributed by atoms with E-state index in [9.17, 15) is 9.90 Å². The first-order chi connectivity index (χ1) is 21.2. The number of benzene rings is 2. The van der Waals surface area contributed by atoms with Gasteiger partial charge >= 0.3 is 5.97 Å². The van der Waals surface area contributed by atoms with Crippen molar-refractivity contribution in [3.63, 3.8) is 0 Å². The lowest BCUT2D eigenvalue weighted by atomic mass is 9.67. The minimum absolute atomic E-state index is 0.00247. The van der Waals surface area contributed by atoms with Gasteiger partial charge in [-0.3, -0.25) is 0 Å². The summed E-state index contributed by atoms with van der Waals surface area (Å²) in [7, 11) is 0. The van der Waals surface area contributed by atoms with Crippen LogP contribution in [-0.4, -0.2) is 24.3 Å². The second-order valence-electron chi connectivity index (χ2n) is 13.7. The number of rotatable bonds is 14. The fourth-order valence-electron chi connectivity index (χ4n) is 7.87. The van der Waals surface area contributed by atoms with Gasteiger partial charge in [0.2, 0.25) is 0 Å². The number of carbonyl (C=O) groups excluding carboxylic acids is 1. The molecule has 1 atom stereocenters. The number of unbranched alkanes of at least 4 members (excludes halogenated alkanes) is 2. The molecule has 0 aromatic heterocycles. The van der Waals surface area contributed by atoms with Gasteiger partial charge in [-0.2, -0.15) is 0 Å². The Morgan fingerprint density at radius 1 is 0.955 bits per heavy atom. The zero-order valence-corrected chi connectivity index (χ0v) is 27.3. The molecule has 0 aliphatic heterocycles. The van der Waals surface area contributed by atoms with E-state index in [1.54, 1.807) is 6.92 Å². The van der Waals surface area contributed by atoms with E-state index in [0.29, 0.717) is 29.4 Å². The number of aliphatic hydroxyl groups is 1. The number of aliphatic hydroxyl groups excluding tert-OH is 1. The van der Waals surface area contributed by atoms with Gasteiger partial charge in [0.25, 0.3) is 0 Å². The molecule has 0 spiro atoms. The van der Waals surface area contributed by atoms with E-state index in [1.165, 1.54) is 74.6 Å². The minimum Gasteiger partial charge on any atom is -0.462 e. The van der Waals surface area contributed by atoms with Crippen LogP contribution in [0.3, 0.4) is 0 Å². The molecule has 1 unspecified atom stereocenters. The maximum Gasteiger partial charge on any atom is 0.333 e. The van der Waals surface area contributed by atoms with Crippen molar-refractivity contribution in [1.82, 2.24) is 0 Å². The Bertz CT molecular complexity index is 1210. The summed E-state index contributed by atoms with van der Waals surface area (Å²) < 4.78 is 35.6. The number of carbonyl (C=O) groups is 1. The van der Waals surface area contributed by atoms with E-state index in [-0.39, 0.29) is 30.7 Å². The van der Waals surface area contributed by atoms with Crippen LogP contribution in [0.5, 0.6) is 0 Å². The number of esters is 1. The van der Waals surface area contributed by atoms with Gasteiger partial charge in [0.15, 0.2) is 0 Å². The van der Waals surface area contributed by atoms with Crippen LogP contribution in [0, 0.1) is 35.3 Å². The van der Waals surface area contributed by atoms with Gasteiger partial charge in [-0.15, -0.1) is 0 Å². The number of hydrogen-bond donors (Lipinski definition) is 1. The van der Waals surface area contributed by atoms with E-state index in [0.717, 1.165) is 49.5 Å². The van der Waals surface area contributed by atoms with Gasteiger partial charge in [-0.05, 0) is 129 Å². The number of halogens is 2. The van der Waals surface area contributed by atoms with E-state index >= 15 is 8.78 Å². The lowest BCUT2D eigenvalue weighted by Gasteiger charge is -2.39. The monoisotopic (exact) mass is 608 g/mol. The van der Waals surface area contributed by atoms with Gasteiger partial charge in [0.05, 0.1) is 12.2 Å². The second kappa shape index (κ2) is 16.7. The predicted molar refractivity (Wildman–Crippen MR) is 176 cm³/mol. The van der Waals surface area contributed by atoms with Crippen LogP contribution in [0.4, 0.5) is 8.78 Å². The normalized spacial score (nSPS) is 22.9. The molecule has 0 saturated heterocycles. The van der Waals surface area contributed by atoms with Gasteiger partial charge in [-0.1, -0.05) is 64.3 Å². The van der Waals surface area contributed by atoms with Crippen molar-refractivity contribution in [3.05, 3.63) is 70.8 Å². The van der Waals surface area contributed by atoms with Crippen LogP contribution in [0.25, 0.3) is 11.1 Å². The van der Waals surface area contributed by atoms with Crippen molar-refractivity contribution in [3.8, 4) is 11.1 Å². The Morgan fingerprint density at radius 2 is 1.59 bits per heavy atom. The standard InChI is InChI=1S/C39H54F2O3/c1-5-7-8-9-28-21-36(40)38(37(41)22-28)34-18-19-35(30(6-2)23-34)33-16-14-32(15-17-33)31-12-10-27(11-13-31)20-29(24-42)25-44-39(43)26(3)4/h18-19,21-23,27,29,31-33,42H,3,5-17,20,24-25H2,1-2,4H3. The fourth-order valence-corrected chi connectivity index (χ4v) is 7.87. The molecule has 5 heteroatoms. The summed E-state index contributed by atoms with van der Waals surface area (Å²) in [5.74, 6) is 1.33. The molecule has 2 saturated carbocycles. The van der Waals surface area contributed by atoms with Crippen LogP contribution in [0.1, 0.15) is 120 Å². The van der Waals surface area contributed by atoms with Crippen LogP contribution < -0.4 is 0 Å². The predicted octanol–water partition coefficient (Wildman–Crippen LogP) is 10.1. The summed E-state index contributed by atoms with van der Waals surface area (Å²) in [4.78, 5) is 11.7. The molecule has 2 fully saturated rings. The molecular formula is C39H54F2O3. The molecular weight excluding hydrogens is 554 g/mol. The first-order valence-electron chi connectivity index (χ1n) is 17.3. The van der Waals surface area contributed by atoms with Crippen molar-refractivity contribution in [2.45, 2.75) is 117 Å².